The summed E-state index contributed by atoms with van der Waals surface area (Å²) < 4.78 is 10.8. The molecule has 30 heavy (non-hydrogen) atoms. The Morgan fingerprint density at radius 3 is 2.47 bits per heavy atom. The monoisotopic (exact) mass is 412 g/mol. The van der Waals surface area contributed by atoms with Crippen molar-refractivity contribution in [2.45, 2.75) is 70.5 Å². The minimum atomic E-state index is -0.541. The lowest BCUT2D eigenvalue weighted by Crippen LogP contribution is -2.42. The van der Waals surface area contributed by atoms with Crippen LogP contribution in [0.15, 0.2) is 42.6 Å². The van der Waals surface area contributed by atoms with Gasteiger partial charge in [-0.25, -0.2) is 9.59 Å². The predicted molar refractivity (Wildman–Crippen MR) is 115 cm³/mol. The van der Waals surface area contributed by atoms with Gasteiger partial charge in [-0.2, -0.15) is 0 Å². The standard InChI is InChI=1S/C24H32N2O4/c1-23(2,3)30-21(27)19-14-20(25-15-19)24(12-8-5-9-13-24)17-26-22(28)29-16-18-10-6-4-7-11-18/h4,6-7,10-11,14-15,25H,5,8-9,12-13,16-17H2,1-3H3,(H,26,28). The summed E-state index contributed by atoms with van der Waals surface area (Å²) in [6.45, 7) is 6.27. The molecule has 1 aliphatic rings. The summed E-state index contributed by atoms with van der Waals surface area (Å²) in [6, 6.07) is 11.5. The molecule has 0 saturated heterocycles. The quantitative estimate of drug-likeness (QED) is 0.647. The number of rotatable bonds is 6. The molecule has 6 heteroatoms. The number of benzene rings is 1. The maximum atomic E-state index is 12.4. The van der Waals surface area contributed by atoms with Crippen molar-refractivity contribution < 1.29 is 19.1 Å². The first kappa shape index (κ1) is 21.9. The minimum absolute atomic E-state index is 0.232. The van der Waals surface area contributed by atoms with Gasteiger partial charge < -0.3 is 19.8 Å². The van der Waals surface area contributed by atoms with E-state index in [0.717, 1.165) is 36.9 Å². The van der Waals surface area contributed by atoms with E-state index in [4.69, 9.17) is 9.47 Å². The summed E-state index contributed by atoms with van der Waals surface area (Å²) in [6.07, 6.45) is 6.51. The van der Waals surface area contributed by atoms with E-state index in [1.807, 2.05) is 57.2 Å². The van der Waals surface area contributed by atoms with Crippen LogP contribution in [-0.4, -0.2) is 29.2 Å². The van der Waals surface area contributed by atoms with E-state index in [1.54, 1.807) is 6.20 Å². The van der Waals surface area contributed by atoms with Crippen molar-refractivity contribution in [1.29, 1.82) is 0 Å². The summed E-state index contributed by atoms with van der Waals surface area (Å²) in [5, 5.41) is 2.94. The predicted octanol–water partition coefficient (Wildman–Crippen LogP) is 5.10. The second kappa shape index (κ2) is 9.37. The molecule has 0 radical (unpaired) electrons. The number of hydrogen-bond acceptors (Lipinski definition) is 4. The topological polar surface area (TPSA) is 80.4 Å². The fourth-order valence-corrected chi connectivity index (χ4v) is 3.94. The average molecular weight is 413 g/mol. The van der Waals surface area contributed by atoms with E-state index in [2.05, 4.69) is 10.3 Å². The van der Waals surface area contributed by atoms with Gasteiger partial charge in [0, 0.05) is 23.9 Å². The van der Waals surface area contributed by atoms with E-state index in [9.17, 15) is 9.59 Å². The molecule has 0 aliphatic heterocycles. The summed E-state index contributed by atoms with van der Waals surface area (Å²) >= 11 is 0. The molecular formula is C24H32N2O4. The Kier molecular flexibility index (Phi) is 6.85. The van der Waals surface area contributed by atoms with Crippen LogP contribution in [0.1, 0.15) is 74.5 Å². The van der Waals surface area contributed by atoms with Crippen molar-refractivity contribution >= 4 is 12.1 Å². The van der Waals surface area contributed by atoms with Crippen LogP contribution < -0.4 is 5.32 Å². The number of amides is 1. The zero-order chi connectivity index (χ0) is 21.6. The zero-order valence-electron chi connectivity index (χ0n) is 18.1. The Bertz CT molecular complexity index is 846. The third-order valence-corrected chi connectivity index (χ3v) is 5.48. The third kappa shape index (κ3) is 5.88. The van der Waals surface area contributed by atoms with Gasteiger partial charge in [0.15, 0.2) is 0 Å². The van der Waals surface area contributed by atoms with Crippen molar-refractivity contribution in [2.75, 3.05) is 6.54 Å². The number of ether oxygens (including phenoxy) is 2. The molecular weight excluding hydrogens is 380 g/mol. The molecule has 0 spiro atoms. The van der Waals surface area contributed by atoms with Crippen LogP contribution in [-0.2, 0) is 21.5 Å². The van der Waals surface area contributed by atoms with Gasteiger partial charge in [0.2, 0.25) is 0 Å². The molecule has 1 aromatic heterocycles. The largest absolute Gasteiger partial charge is 0.456 e. The number of H-pyrrole nitrogens is 1. The molecule has 1 aromatic carbocycles. The molecule has 0 unspecified atom stereocenters. The van der Waals surface area contributed by atoms with Gasteiger partial charge in [0.05, 0.1) is 5.56 Å². The summed E-state index contributed by atoms with van der Waals surface area (Å²) in [4.78, 5) is 28.0. The van der Waals surface area contributed by atoms with E-state index in [-0.39, 0.29) is 18.0 Å². The fraction of sp³-hybridized carbons (Fsp3) is 0.500. The van der Waals surface area contributed by atoms with Gasteiger partial charge in [0.1, 0.15) is 12.2 Å². The first-order chi connectivity index (χ1) is 14.3. The van der Waals surface area contributed by atoms with Gasteiger partial charge in [0.25, 0.3) is 0 Å². The lowest BCUT2D eigenvalue weighted by atomic mass is 9.71. The SMILES string of the molecule is CC(C)(C)OC(=O)c1c[nH]c(C2(CNC(=O)OCc3ccccc3)CCCCC2)c1. The van der Waals surface area contributed by atoms with Crippen molar-refractivity contribution in [1.82, 2.24) is 10.3 Å². The number of nitrogens with one attached hydrogen (secondary N) is 2. The molecule has 1 saturated carbocycles. The fourth-order valence-electron chi connectivity index (χ4n) is 3.94. The van der Waals surface area contributed by atoms with Crippen LogP contribution in [0.3, 0.4) is 0 Å². The first-order valence-corrected chi connectivity index (χ1v) is 10.6. The molecule has 1 amide bonds. The highest BCUT2D eigenvalue weighted by molar-refractivity contribution is 5.89. The molecule has 0 atom stereocenters. The minimum Gasteiger partial charge on any atom is -0.456 e. The number of aromatic amines is 1. The van der Waals surface area contributed by atoms with Gasteiger partial charge in [-0.3, -0.25) is 0 Å². The molecule has 0 bridgehead atoms. The second-order valence-corrected chi connectivity index (χ2v) is 9.06. The van der Waals surface area contributed by atoms with Crippen LogP contribution in [0.2, 0.25) is 0 Å². The summed E-state index contributed by atoms with van der Waals surface area (Å²) in [5.41, 5.74) is 1.65. The van der Waals surface area contributed by atoms with Crippen LogP contribution in [0.25, 0.3) is 0 Å². The number of carbonyl (C=O) groups excluding carboxylic acids is 2. The number of hydrogen-bond donors (Lipinski definition) is 2. The smallest absolute Gasteiger partial charge is 0.407 e. The van der Waals surface area contributed by atoms with Crippen molar-refractivity contribution in [2.24, 2.45) is 0 Å². The normalized spacial score (nSPS) is 16.0. The Hall–Kier alpha value is -2.76. The van der Waals surface area contributed by atoms with Crippen LogP contribution in [0, 0.1) is 0 Å². The van der Waals surface area contributed by atoms with E-state index in [1.165, 1.54) is 6.42 Å². The Morgan fingerprint density at radius 1 is 1.10 bits per heavy atom. The van der Waals surface area contributed by atoms with Crippen LogP contribution in [0.5, 0.6) is 0 Å². The van der Waals surface area contributed by atoms with Crippen LogP contribution in [0.4, 0.5) is 4.79 Å². The summed E-state index contributed by atoms with van der Waals surface area (Å²) in [5.74, 6) is -0.341. The highest BCUT2D eigenvalue weighted by Gasteiger charge is 2.36. The first-order valence-electron chi connectivity index (χ1n) is 10.6. The molecule has 2 N–H and O–H groups in total. The van der Waals surface area contributed by atoms with Crippen molar-refractivity contribution in [3.8, 4) is 0 Å². The molecule has 3 rings (SSSR count). The zero-order valence-corrected chi connectivity index (χ0v) is 18.1. The van der Waals surface area contributed by atoms with Gasteiger partial charge in [-0.1, -0.05) is 49.6 Å². The van der Waals surface area contributed by atoms with E-state index in [0.29, 0.717) is 12.1 Å². The average Bonchev–Trinajstić information content (AvgIpc) is 3.22. The van der Waals surface area contributed by atoms with E-state index < -0.39 is 11.7 Å². The number of alkyl carbamates (subject to hydrolysis) is 1. The molecule has 162 valence electrons. The Balaban J connectivity index is 1.64. The maximum absolute atomic E-state index is 12.4. The number of carbonyl (C=O) groups is 2. The highest BCUT2D eigenvalue weighted by atomic mass is 16.6. The van der Waals surface area contributed by atoms with Gasteiger partial charge >= 0.3 is 12.1 Å². The molecule has 6 nitrogen and oxygen atoms in total. The summed E-state index contributed by atoms with van der Waals surface area (Å²) in [7, 11) is 0. The lowest BCUT2D eigenvalue weighted by molar-refractivity contribution is 0.00696. The van der Waals surface area contributed by atoms with Crippen molar-refractivity contribution in [3.05, 3.63) is 59.4 Å². The molecule has 1 fully saturated rings. The van der Waals surface area contributed by atoms with Gasteiger partial charge in [-0.05, 0) is 45.2 Å². The molecule has 1 aliphatic carbocycles. The van der Waals surface area contributed by atoms with E-state index >= 15 is 0 Å². The third-order valence-electron chi connectivity index (χ3n) is 5.48. The Morgan fingerprint density at radius 2 is 1.80 bits per heavy atom. The number of esters is 1. The number of aromatic nitrogens is 1. The maximum Gasteiger partial charge on any atom is 0.407 e. The van der Waals surface area contributed by atoms with Gasteiger partial charge in [-0.15, -0.1) is 0 Å². The molecule has 2 aromatic rings. The second-order valence-electron chi connectivity index (χ2n) is 9.06. The Labute approximate surface area is 178 Å². The van der Waals surface area contributed by atoms with Crippen LogP contribution >= 0.6 is 0 Å². The molecule has 1 heterocycles. The van der Waals surface area contributed by atoms with Crippen molar-refractivity contribution in [3.63, 3.8) is 0 Å². The lowest BCUT2D eigenvalue weighted by Gasteiger charge is -2.36. The highest BCUT2D eigenvalue weighted by Crippen LogP contribution is 2.39.